The Hall–Kier alpha value is -10.1. The smallest absolute Gasteiger partial charge is 0.164 e. The molecule has 10 aromatic carbocycles. The Morgan fingerprint density at radius 3 is 1.22 bits per heavy atom. The van der Waals surface area contributed by atoms with E-state index in [-0.39, 0.29) is 0 Å². The van der Waals surface area contributed by atoms with Crippen molar-refractivity contribution in [2.75, 3.05) is 0 Å². The number of hydrogen-bond acceptors (Lipinski definition) is 5. The zero-order valence-electron chi connectivity index (χ0n) is 40.1. The molecule has 0 saturated heterocycles. The molecule has 0 N–H and O–H groups in total. The molecule has 346 valence electrons. The van der Waals surface area contributed by atoms with Gasteiger partial charge in [0.05, 0.1) is 16.7 Å². The fraction of sp³-hybridized carbons (Fsp3) is 0. The van der Waals surface area contributed by atoms with Gasteiger partial charge in [-0.15, -0.1) is 0 Å². The monoisotopic (exact) mass is 944 g/mol. The van der Waals surface area contributed by atoms with Gasteiger partial charge in [0, 0.05) is 55.9 Å². The fourth-order valence-corrected chi connectivity index (χ4v) is 9.78. The Kier molecular flexibility index (Phi) is 11.4. The molecular formula is C68H44N6. The molecule has 0 fully saturated rings. The van der Waals surface area contributed by atoms with Crippen LogP contribution in [0.5, 0.6) is 0 Å². The summed E-state index contributed by atoms with van der Waals surface area (Å²) in [6, 6.07) is 90.7. The van der Waals surface area contributed by atoms with Crippen molar-refractivity contribution in [3.8, 4) is 73.2 Å². The van der Waals surface area contributed by atoms with Crippen molar-refractivity contribution in [3.05, 3.63) is 289 Å². The number of aromatic nitrogens is 4. The molecule has 0 bridgehead atoms. The topological polar surface area (TPSA) is 68.3 Å². The lowest BCUT2D eigenvalue weighted by molar-refractivity contribution is 1.07. The van der Waals surface area contributed by atoms with Gasteiger partial charge in [-0.1, -0.05) is 218 Å². The minimum Gasteiger partial charge on any atom is -0.309 e. The van der Waals surface area contributed by atoms with E-state index in [0.29, 0.717) is 23.3 Å². The molecule has 6 nitrogen and oxygen atoms in total. The van der Waals surface area contributed by atoms with E-state index in [9.17, 15) is 0 Å². The zero-order chi connectivity index (χ0) is 49.2. The van der Waals surface area contributed by atoms with Crippen molar-refractivity contribution in [2.45, 2.75) is 0 Å². The number of fused-ring (bicyclic) bond motifs is 3. The molecule has 0 spiro atoms. The van der Waals surface area contributed by atoms with Crippen molar-refractivity contribution in [3.63, 3.8) is 0 Å². The summed E-state index contributed by atoms with van der Waals surface area (Å²) < 4.78 is 2.38. The highest BCUT2D eigenvalue weighted by Gasteiger charge is 2.18. The SMILES string of the molecule is C1=CC(c2cccc(-c3ccc4c(c3)c3cc(-c5cccc(-c6nc(-c7ccccc7)nc(-c7ccccc7)n6)c5)ccc3n4-c3ccc(-c4ccccc4)cc3)c2)=NC(c2ccccc2)=NC=1c1ccccc1. The molecule has 0 aliphatic carbocycles. The predicted octanol–water partition coefficient (Wildman–Crippen LogP) is 16.4. The molecule has 0 radical (unpaired) electrons. The van der Waals surface area contributed by atoms with E-state index in [1.54, 1.807) is 0 Å². The summed E-state index contributed by atoms with van der Waals surface area (Å²) in [4.78, 5) is 25.3. The molecule has 74 heavy (non-hydrogen) atoms. The first-order chi connectivity index (χ1) is 36.6. The quantitative estimate of drug-likeness (QED) is 0.128. The number of amidine groups is 1. The first kappa shape index (κ1) is 43.9. The van der Waals surface area contributed by atoms with Crippen LogP contribution in [0.15, 0.2) is 283 Å². The van der Waals surface area contributed by atoms with E-state index in [1.165, 1.54) is 11.1 Å². The van der Waals surface area contributed by atoms with Gasteiger partial charge in [0.2, 0.25) is 0 Å². The van der Waals surface area contributed by atoms with E-state index in [1.807, 2.05) is 115 Å². The maximum atomic E-state index is 5.19. The second-order valence-corrected chi connectivity index (χ2v) is 18.2. The van der Waals surface area contributed by atoms with E-state index < -0.39 is 0 Å². The van der Waals surface area contributed by atoms with Crippen molar-refractivity contribution in [1.82, 2.24) is 19.5 Å². The third-order valence-corrected chi connectivity index (χ3v) is 13.5. The summed E-state index contributed by atoms with van der Waals surface area (Å²) in [5.74, 6) is 2.52. The maximum absolute atomic E-state index is 5.19. The molecule has 0 atom stereocenters. The highest BCUT2D eigenvalue weighted by molar-refractivity contribution is 6.19. The van der Waals surface area contributed by atoms with Crippen LogP contribution in [0.2, 0.25) is 0 Å². The van der Waals surface area contributed by atoms with Gasteiger partial charge in [0.15, 0.2) is 23.3 Å². The number of benzene rings is 10. The number of rotatable bonds is 10. The van der Waals surface area contributed by atoms with Crippen molar-refractivity contribution < 1.29 is 0 Å². The molecule has 12 aromatic rings. The minimum atomic E-state index is 0.615. The van der Waals surface area contributed by atoms with Crippen LogP contribution in [0.3, 0.4) is 0 Å². The third kappa shape index (κ3) is 8.64. The standard InChI is InChI=1S/C68H44N6/c1-6-18-46(19-7-1)47-32-36-58(37-33-47)74-63-40-34-54(52-28-16-30-56(42-52)62-39-38-61(48-20-8-2-9-21-48)69-65(70-62)49-22-10-3-11-23-49)44-59(63)60-45-55(35-41-64(60)74)53-29-17-31-57(43-53)68-72-66(50-24-12-4-13-25-50)71-67(73-68)51-26-14-5-15-27-51/h1-37,39-45H. The highest BCUT2D eigenvalue weighted by atomic mass is 15.0. The maximum Gasteiger partial charge on any atom is 0.164 e. The van der Waals surface area contributed by atoms with Gasteiger partial charge in [-0.3, -0.25) is 0 Å². The van der Waals surface area contributed by atoms with Crippen molar-refractivity contribution in [2.24, 2.45) is 9.98 Å². The second-order valence-electron chi connectivity index (χ2n) is 18.2. The highest BCUT2D eigenvalue weighted by Crippen LogP contribution is 2.39. The van der Waals surface area contributed by atoms with Crippen LogP contribution in [0.1, 0.15) is 16.7 Å². The molecule has 1 aliphatic rings. The molecule has 13 rings (SSSR count). The minimum absolute atomic E-state index is 0.615. The second kappa shape index (κ2) is 19.2. The van der Waals surface area contributed by atoms with Crippen LogP contribution in [0, 0.1) is 0 Å². The lowest BCUT2D eigenvalue weighted by Gasteiger charge is -2.11. The Morgan fingerprint density at radius 2 is 0.676 bits per heavy atom. The summed E-state index contributed by atoms with van der Waals surface area (Å²) in [5, 5.41) is 2.29. The van der Waals surface area contributed by atoms with Gasteiger partial charge in [-0.25, -0.2) is 24.9 Å². The average molecular weight is 945 g/mol. The van der Waals surface area contributed by atoms with Crippen LogP contribution >= 0.6 is 0 Å². The predicted molar refractivity (Wildman–Crippen MR) is 304 cm³/mol. The van der Waals surface area contributed by atoms with Crippen molar-refractivity contribution in [1.29, 1.82) is 0 Å². The Labute approximate surface area is 429 Å². The van der Waals surface area contributed by atoms with E-state index in [4.69, 9.17) is 24.9 Å². The lowest BCUT2D eigenvalue weighted by Crippen LogP contribution is -2.04. The van der Waals surface area contributed by atoms with Gasteiger partial charge in [0.25, 0.3) is 0 Å². The number of allylic oxidation sites excluding steroid dienone is 1. The van der Waals surface area contributed by atoms with Crippen LogP contribution in [-0.4, -0.2) is 31.1 Å². The Morgan fingerprint density at radius 1 is 0.284 bits per heavy atom. The molecule has 0 amide bonds. The number of aliphatic imine (C=N–C) groups is 2. The normalized spacial score (nSPS) is 12.3. The summed E-state index contributed by atoms with van der Waals surface area (Å²) in [5.41, 5.74) is 20.7. The van der Waals surface area contributed by atoms with E-state index in [0.717, 1.165) is 94.5 Å². The molecule has 6 heteroatoms. The van der Waals surface area contributed by atoms with Crippen LogP contribution in [0.25, 0.3) is 101 Å². The van der Waals surface area contributed by atoms with Crippen LogP contribution < -0.4 is 0 Å². The van der Waals surface area contributed by atoms with Gasteiger partial charge in [-0.2, -0.15) is 0 Å². The average Bonchev–Trinajstić information content (AvgIpc) is 3.63. The number of hydrogen-bond donors (Lipinski definition) is 0. The van der Waals surface area contributed by atoms with Gasteiger partial charge in [-0.05, 0) is 81.9 Å². The molecule has 2 aromatic heterocycles. The van der Waals surface area contributed by atoms with E-state index in [2.05, 4.69) is 162 Å². The fourth-order valence-electron chi connectivity index (χ4n) is 9.78. The molecule has 3 heterocycles. The molecule has 1 aliphatic heterocycles. The molecule has 0 unspecified atom stereocenters. The van der Waals surface area contributed by atoms with Gasteiger partial charge >= 0.3 is 0 Å². The summed E-state index contributed by atoms with van der Waals surface area (Å²) >= 11 is 0. The third-order valence-electron chi connectivity index (χ3n) is 13.5. The van der Waals surface area contributed by atoms with Gasteiger partial charge in [0.1, 0.15) is 5.70 Å². The first-order valence-electron chi connectivity index (χ1n) is 24.7. The lowest BCUT2D eigenvalue weighted by atomic mass is 9.97. The number of nitrogens with zero attached hydrogens (tertiary/aromatic N) is 6. The largest absolute Gasteiger partial charge is 0.309 e. The Bertz CT molecular complexity index is 4120. The summed E-state index contributed by atoms with van der Waals surface area (Å²) in [6.07, 6.45) is 1.96. The summed E-state index contributed by atoms with van der Waals surface area (Å²) in [7, 11) is 0. The van der Waals surface area contributed by atoms with Crippen LogP contribution in [-0.2, 0) is 0 Å². The van der Waals surface area contributed by atoms with Crippen LogP contribution in [0.4, 0.5) is 0 Å². The van der Waals surface area contributed by atoms with Crippen molar-refractivity contribution >= 4 is 39.1 Å². The first-order valence-corrected chi connectivity index (χ1v) is 24.7. The summed E-state index contributed by atoms with van der Waals surface area (Å²) in [6.45, 7) is 0. The zero-order valence-corrected chi connectivity index (χ0v) is 40.1. The Balaban J connectivity index is 0.932. The van der Waals surface area contributed by atoms with E-state index >= 15 is 0 Å². The molecule has 0 saturated carbocycles. The van der Waals surface area contributed by atoms with Gasteiger partial charge < -0.3 is 4.57 Å². The molecular weight excluding hydrogens is 901 g/mol.